The maximum absolute atomic E-state index is 11.9. The van der Waals surface area contributed by atoms with Gasteiger partial charge in [-0.05, 0) is 18.2 Å². The molecule has 0 aliphatic rings. The van der Waals surface area contributed by atoms with Crippen molar-refractivity contribution in [3.05, 3.63) is 48.8 Å². The Morgan fingerprint density at radius 2 is 1.85 bits per heavy atom. The molecule has 0 saturated carbocycles. The summed E-state index contributed by atoms with van der Waals surface area (Å²) in [5.41, 5.74) is 12.2. The van der Waals surface area contributed by atoms with E-state index in [2.05, 4.69) is 0 Å². The van der Waals surface area contributed by atoms with E-state index in [4.69, 9.17) is 11.5 Å². The van der Waals surface area contributed by atoms with Gasteiger partial charge in [0.1, 0.15) is 0 Å². The number of carbonyl (C=O) groups excluding carboxylic acids is 1. The van der Waals surface area contributed by atoms with E-state index in [1.807, 2.05) is 6.07 Å². The van der Waals surface area contributed by atoms with Gasteiger partial charge >= 0.3 is 5.91 Å². The first-order chi connectivity index (χ1) is 9.08. The fourth-order valence-electron chi connectivity index (χ4n) is 1.66. The number of hydrogen-bond donors (Lipinski definition) is 3. The quantitative estimate of drug-likeness (QED) is 0.254. The molecule has 1 amide bonds. The Morgan fingerprint density at radius 3 is 2.45 bits per heavy atom. The molecular formula is C13H15ClN4O2. The molecule has 1 heterocycles. The normalized spacial score (nSPS) is 9.65. The molecule has 0 aliphatic heterocycles. The van der Waals surface area contributed by atoms with Gasteiger partial charge in [0.15, 0.2) is 12.4 Å². The van der Waals surface area contributed by atoms with Crippen LogP contribution in [-0.2, 0) is 11.3 Å². The molecule has 2 aromatic rings. The Labute approximate surface area is 122 Å². The van der Waals surface area contributed by atoms with Crippen molar-refractivity contribution in [2.45, 2.75) is 6.54 Å². The second kappa shape index (κ2) is 6.74. The minimum Gasteiger partial charge on any atom is -1.00 e. The van der Waals surface area contributed by atoms with Gasteiger partial charge in [0, 0.05) is 17.8 Å². The van der Waals surface area contributed by atoms with Gasteiger partial charge in [0.25, 0.3) is 0 Å². The number of carbonyl (C=O) groups is 1. The summed E-state index contributed by atoms with van der Waals surface area (Å²) < 4.78 is 1.65. The number of aromatic nitrogens is 1. The molecular weight excluding hydrogens is 280 g/mol. The molecule has 0 fully saturated rings. The molecule has 106 valence electrons. The molecule has 1 aromatic heterocycles. The van der Waals surface area contributed by atoms with Crippen molar-refractivity contribution in [1.29, 1.82) is 0 Å². The molecule has 1 aromatic carbocycles. The minimum atomic E-state index is -0.493. The predicted molar refractivity (Wildman–Crippen MR) is 71.2 cm³/mol. The number of hydrogen-bond acceptors (Lipinski definition) is 4. The Morgan fingerprint density at radius 1 is 1.20 bits per heavy atom. The van der Waals surface area contributed by atoms with E-state index in [1.165, 1.54) is 12.1 Å². The Bertz CT molecular complexity index is 592. The van der Waals surface area contributed by atoms with Crippen LogP contribution >= 0.6 is 0 Å². The van der Waals surface area contributed by atoms with Gasteiger partial charge in [0.05, 0.1) is 11.4 Å². The second-order valence-corrected chi connectivity index (χ2v) is 4.07. The van der Waals surface area contributed by atoms with E-state index >= 15 is 0 Å². The zero-order valence-electron chi connectivity index (χ0n) is 10.6. The summed E-state index contributed by atoms with van der Waals surface area (Å²) >= 11 is 0. The van der Waals surface area contributed by atoms with Gasteiger partial charge in [-0.15, -0.1) is 0 Å². The number of hydroxylamine groups is 1. The fourth-order valence-corrected chi connectivity index (χ4v) is 1.66. The first-order valence-corrected chi connectivity index (χ1v) is 5.69. The highest BCUT2D eigenvalue weighted by Gasteiger charge is 2.19. The number of anilines is 3. The average molecular weight is 295 g/mol. The summed E-state index contributed by atoms with van der Waals surface area (Å²) in [5, 5.41) is 10.4. The Balaban J connectivity index is 0.00000200. The molecule has 0 unspecified atom stereocenters. The van der Waals surface area contributed by atoms with Crippen molar-refractivity contribution in [2.24, 2.45) is 0 Å². The fraction of sp³-hybridized carbons (Fsp3) is 0.0769. The van der Waals surface area contributed by atoms with Crippen LogP contribution in [-0.4, -0.2) is 11.1 Å². The lowest BCUT2D eigenvalue weighted by Crippen LogP contribution is -3.00. The second-order valence-electron chi connectivity index (χ2n) is 4.07. The van der Waals surface area contributed by atoms with Crippen LogP contribution in [0.3, 0.4) is 0 Å². The lowest BCUT2D eigenvalue weighted by atomic mass is 10.2. The monoisotopic (exact) mass is 294 g/mol. The van der Waals surface area contributed by atoms with Gasteiger partial charge in [-0.25, -0.2) is 0 Å². The van der Waals surface area contributed by atoms with Crippen LogP contribution in [0.4, 0.5) is 17.1 Å². The smallest absolute Gasteiger partial charge is 0.316 e. The highest BCUT2D eigenvalue weighted by atomic mass is 35.5. The summed E-state index contributed by atoms with van der Waals surface area (Å²) in [4.78, 5) is 11.9. The molecule has 7 heteroatoms. The summed E-state index contributed by atoms with van der Waals surface area (Å²) in [7, 11) is 0. The summed E-state index contributed by atoms with van der Waals surface area (Å²) in [6.45, 7) is 0.0150. The topological polar surface area (TPSA) is 96.5 Å². The van der Waals surface area contributed by atoms with Crippen LogP contribution < -0.4 is 33.5 Å². The van der Waals surface area contributed by atoms with Crippen LogP contribution in [0.1, 0.15) is 0 Å². The van der Waals surface area contributed by atoms with E-state index in [9.17, 15) is 10.0 Å². The molecule has 0 atom stereocenters. The molecule has 2 rings (SSSR count). The minimum absolute atomic E-state index is 0. The Hall–Kier alpha value is -2.31. The lowest BCUT2D eigenvalue weighted by molar-refractivity contribution is -0.684. The third-order valence-corrected chi connectivity index (χ3v) is 2.61. The summed E-state index contributed by atoms with van der Waals surface area (Å²) in [5.74, 6) is -0.493. The van der Waals surface area contributed by atoms with Gasteiger partial charge < -0.3 is 23.9 Å². The highest BCUT2D eigenvalue weighted by molar-refractivity contribution is 5.93. The lowest BCUT2D eigenvalue weighted by Gasteiger charge is -2.15. The molecule has 0 spiro atoms. The largest absolute Gasteiger partial charge is 1.00 e. The van der Waals surface area contributed by atoms with Crippen molar-refractivity contribution < 1.29 is 27.0 Å². The van der Waals surface area contributed by atoms with Crippen LogP contribution in [0, 0.1) is 0 Å². The number of rotatable bonds is 3. The van der Waals surface area contributed by atoms with Crippen molar-refractivity contribution >= 4 is 23.0 Å². The molecule has 0 bridgehead atoms. The third kappa shape index (κ3) is 3.59. The average Bonchev–Trinajstić information content (AvgIpc) is 2.39. The first kappa shape index (κ1) is 15.7. The van der Waals surface area contributed by atoms with Crippen molar-refractivity contribution in [3.8, 4) is 0 Å². The number of pyridine rings is 1. The highest BCUT2D eigenvalue weighted by Crippen LogP contribution is 2.24. The van der Waals surface area contributed by atoms with Crippen molar-refractivity contribution in [2.75, 3.05) is 16.5 Å². The van der Waals surface area contributed by atoms with Crippen molar-refractivity contribution in [3.63, 3.8) is 0 Å². The standard InChI is InChI=1S/C13H15N4O2.ClH/c14-10-4-5-12(11(15)8-10)17(19)13(18)9-16-6-2-1-3-7-16;/h1-8,19H,9,14-15H2;1H/q+1;/p-1. The molecule has 0 radical (unpaired) electrons. The van der Waals surface area contributed by atoms with Crippen LogP contribution in [0.2, 0.25) is 0 Å². The van der Waals surface area contributed by atoms with Gasteiger partial charge in [-0.3, -0.25) is 10.0 Å². The zero-order valence-corrected chi connectivity index (χ0v) is 11.4. The summed E-state index contributed by atoms with van der Waals surface area (Å²) in [6, 6.07) is 9.99. The molecule has 0 saturated heterocycles. The number of amides is 1. The number of nitrogens with zero attached hydrogens (tertiary/aromatic N) is 2. The van der Waals surface area contributed by atoms with Crippen molar-refractivity contribution in [1.82, 2.24) is 0 Å². The van der Waals surface area contributed by atoms with Gasteiger partial charge in [-0.1, -0.05) is 6.07 Å². The molecule has 0 aliphatic carbocycles. The van der Waals surface area contributed by atoms with E-state index in [1.54, 1.807) is 35.2 Å². The number of nitrogen functional groups attached to an aromatic ring is 2. The zero-order chi connectivity index (χ0) is 13.8. The maximum Gasteiger partial charge on any atom is 0.316 e. The van der Waals surface area contributed by atoms with E-state index < -0.39 is 5.91 Å². The predicted octanol–water partition coefficient (Wildman–Crippen LogP) is -2.44. The first-order valence-electron chi connectivity index (χ1n) is 5.69. The SMILES string of the molecule is Nc1ccc(N(O)C(=O)C[n+]2ccccc2)c(N)c1.[Cl-]. The number of nitrogens with two attached hydrogens (primary N) is 2. The van der Waals surface area contributed by atoms with Gasteiger partial charge in [-0.2, -0.15) is 9.63 Å². The summed E-state index contributed by atoms with van der Waals surface area (Å²) in [6.07, 6.45) is 3.47. The third-order valence-electron chi connectivity index (χ3n) is 2.61. The molecule has 6 nitrogen and oxygen atoms in total. The number of benzene rings is 1. The Kier molecular flexibility index (Phi) is 5.31. The molecule has 5 N–H and O–H groups in total. The van der Waals surface area contributed by atoms with Gasteiger partial charge in [0.2, 0.25) is 6.54 Å². The van der Waals surface area contributed by atoms with E-state index in [0.29, 0.717) is 10.8 Å². The van der Waals surface area contributed by atoms with E-state index in [-0.39, 0.29) is 30.3 Å². The molecule has 20 heavy (non-hydrogen) atoms. The van der Waals surface area contributed by atoms with E-state index in [0.717, 1.165) is 0 Å². The number of halogens is 1. The van der Waals surface area contributed by atoms with Crippen LogP contribution in [0.5, 0.6) is 0 Å². The van der Waals surface area contributed by atoms with Crippen LogP contribution in [0.15, 0.2) is 48.8 Å². The maximum atomic E-state index is 11.9. The van der Waals surface area contributed by atoms with Crippen LogP contribution in [0.25, 0.3) is 0 Å².